The lowest BCUT2D eigenvalue weighted by Crippen LogP contribution is -2.46. The molecule has 4 atom stereocenters. The van der Waals surface area contributed by atoms with Gasteiger partial charge in [-0.05, 0) is 48.8 Å². The lowest BCUT2D eigenvalue weighted by Gasteiger charge is -2.35. The molecule has 5 nitrogen and oxygen atoms in total. The quantitative estimate of drug-likeness (QED) is 0.837. The van der Waals surface area contributed by atoms with Crippen LogP contribution in [0.1, 0.15) is 37.7 Å². The summed E-state index contributed by atoms with van der Waals surface area (Å²) in [6, 6.07) is 4.10. The molecule has 1 N–H and O–H groups in total. The molecule has 0 aliphatic heterocycles. The molecule has 2 saturated carbocycles. The zero-order chi connectivity index (χ0) is 17.4. The Bertz CT molecular complexity index is 681. The van der Waals surface area contributed by atoms with E-state index in [1.54, 1.807) is 12.4 Å². The number of fused-ring (bicyclic) bond motifs is 2. The van der Waals surface area contributed by atoms with Crippen molar-refractivity contribution in [3.8, 4) is 0 Å². The monoisotopic (exact) mass is 340 g/mol. The van der Waals surface area contributed by atoms with Gasteiger partial charge in [-0.3, -0.25) is 14.6 Å². The number of rotatable bonds is 5. The van der Waals surface area contributed by atoms with Crippen LogP contribution in [-0.4, -0.2) is 32.9 Å². The lowest BCUT2D eigenvalue weighted by atomic mass is 9.81. The van der Waals surface area contributed by atoms with Crippen molar-refractivity contribution in [2.45, 2.75) is 44.7 Å². The Morgan fingerprint density at radius 1 is 1.08 bits per heavy atom. The van der Waals surface area contributed by atoms with E-state index >= 15 is 0 Å². The van der Waals surface area contributed by atoms with Gasteiger partial charge in [-0.2, -0.15) is 0 Å². The van der Waals surface area contributed by atoms with Gasteiger partial charge in [-0.25, -0.2) is 0 Å². The molecule has 25 heavy (non-hydrogen) atoms. The van der Waals surface area contributed by atoms with Gasteiger partial charge < -0.3 is 10.0 Å². The van der Waals surface area contributed by atoms with Gasteiger partial charge in [0, 0.05) is 25.0 Å². The van der Waals surface area contributed by atoms with Gasteiger partial charge in [-0.15, -0.1) is 0 Å². The van der Waals surface area contributed by atoms with Gasteiger partial charge in [0.1, 0.15) is 0 Å². The standard InChI is InChI=1S/C20H24N2O3/c23-19(17-14-5-6-15(11-14)18(17)20(24)25)22(16-3-1-2-4-16)12-13-7-9-21-10-8-13/h5-10,14-18H,1-4,11-12H2,(H,24,25). The van der Waals surface area contributed by atoms with E-state index < -0.39 is 17.8 Å². The van der Waals surface area contributed by atoms with Gasteiger partial charge >= 0.3 is 5.97 Å². The highest BCUT2D eigenvalue weighted by molar-refractivity contribution is 5.87. The first-order valence-corrected chi connectivity index (χ1v) is 9.25. The highest BCUT2D eigenvalue weighted by Crippen LogP contribution is 2.49. The minimum Gasteiger partial charge on any atom is -0.481 e. The lowest BCUT2D eigenvalue weighted by molar-refractivity contribution is -0.152. The molecule has 4 rings (SSSR count). The van der Waals surface area contributed by atoms with Crippen molar-refractivity contribution in [3.63, 3.8) is 0 Å². The molecule has 1 aromatic heterocycles. The largest absolute Gasteiger partial charge is 0.481 e. The van der Waals surface area contributed by atoms with Gasteiger partial charge in [0.05, 0.1) is 11.8 Å². The van der Waals surface area contributed by atoms with Gasteiger partial charge in [0.15, 0.2) is 0 Å². The summed E-state index contributed by atoms with van der Waals surface area (Å²) in [5.74, 6) is -1.67. The smallest absolute Gasteiger partial charge is 0.307 e. The molecule has 1 amide bonds. The number of hydrogen-bond donors (Lipinski definition) is 1. The summed E-state index contributed by atoms with van der Waals surface area (Å²) in [4.78, 5) is 31.3. The number of carboxylic acid groups (broad SMARTS) is 1. The summed E-state index contributed by atoms with van der Waals surface area (Å²) >= 11 is 0. The second kappa shape index (κ2) is 6.62. The number of amides is 1. The molecule has 3 aliphatic rings. The number of carbonyl (C=O) groups is 2. The first-order chi connectivity index (χ1) is 12.1. The molecule has 132 valence electrons. The normalized spacial score (nSPS) is 30.7. The average Bonchev–Trinajstić information content (AvgIpc) is 3.36. The molecular formula is C20H24N2O3. The molecule has 1 heterocycles. The number of aliphatic carboxylic acids is 1. The Morgan fingerprint density at radius 2 is 1.72 bits per heavy atom. The van der Waals surface area contributed by atoms with Crippen LogP contribution in [0, 0.1) is 23.7 Å². The molecule has 2 fully saturated rings. The maximum atomic E-state index is 13.5. The third-order valence-corrected chi connectivity index (χ3v) is 6.18. The number of nitrogens with zero attached hydrogens (tertiary/aromatic N) is 2. The van der Waals surface area contributed by atoms with Crippen molar-refractivity contribution >= 4 is 11.9 Å². The van der Waals surface area contributed by atoms with Crippen molar-refractivity contribution in [3.05, 3.63) is 42.2 Å². The second-order valence-corrected chi connectivity index (χ2v) is 7.60. The van der Waals surface area contributed by atoms with E-state index in [0.717, 1.165) is 37.7 Å². The number of allylic oxidation sites excluding steroid dienone is 2. The molecule has 3 aliphatic carbocycles. The molecule has 5 heteroatoms. The van der Waals surface area contributed by atoms with Crippen LogP contribution in [-0.2, 0) is 16.1 Å². The first-order valence-electron chi connectivity index (χ1n) is 9.25. The summed E-state index contributed by atoms with van der Waals surface area (Å²) in [6.07, 6.45) is 12.7. The SMILES string of the molecule is O=C(O)C1C2C=CC(C2)C1C(=O)N(Cc1ccncc1)C1CCCC1. The van der Waals surface area contributed by atoms with Crippen LogP contribution in [0.5, 0.6) is 0 Å². The van der Waals surface area contributed by atoms with Gasteiger partial charge in [-0.1, -0.05) is 25.0 Å². The molecule has 4 unspecified atom stereocenters. The van der Waals surface area contributed by atoms with Crippen molar-refractivity contribution in [2.24, 2.45) is 23.7 Å². The topological polar surface area (TPSA) is 70.5 Å². The van der Waals surface area contributed by atoms with Crippen LogP contribution in [0.15, 0.2) is 36.7 Å². The molecular weight excluding hydrogens is 316 g/mol. The molecule has 1 aromatic rings. The van der Waals surface area contributed by atoms with E-state index in [-0.39, 0.29) is 23.8 Å². The van der Waals surface area contributed by atoms with Crippen LogP contribution in [0.4, 0.5) is 0 Å². The summed E-state index contributed by atoms with van der Waals surface area (Å²) in [6.45, 7) is 0.552. The van der Waals surface area contributed by atoms with Crippen molar-refractivity contribution in [2.75, 3.05) is 0 Å². The van der Waals surface area contributed by atoms with E-state index in [4.69, 9.17) is 0 Å². The van der Waals surface area contributed by atoms with E-state index in [0.29, 0.717) is 6.54 Å². The Balaban J connectivity index is 1.61. The third kappa shape index (κ3) is 2.96. The number of carboxylic acids is 1. The molecule has 0 saturated heterocycles. The van der Waals surface area contributed by atoms with Crippen molar-refractivity contribution in [1.82, 2.24) is 9.88 Å². The van der Waals surface area contributed by atoms with Crippen LogP contribution < -0.4 is 0 Å². The fraction of sp³-hybridized carbons (Fsp3) is 0.550. The minimum atomic E-state index is -0.828. The fourth-order valence-electron chi connectivity index (χ4n) is 4.97. The van der Waals surface area contributed by atoms with E-state index in [2.05, 4.69) is 11.1 Å². The Hall–Kier alpha value is -2.17. The predicted molar refractivity (Wildman–Crippen MR) is 92.4 cm³/mol. The Labute approximate surface area is 147 Å². The number of hydrogen-bond acceptors (Lipinski definition) is 3. The van der Waals surface area contributed by atoms with Crippen molar-refractivity contribution < 1.29 is 14.7 Å². The summed E-state index contributed by atoms with van der Waals surface area (Å²) in [7, 11) is 0. The molecule has 2 bridgehead atoms. The highest BCUT2D eigenvalue weighted by atomic mass is 16.4. The van der Waals surface area contributed by atoms with Crippen LogP contribution in [0.3, 0.4) is 0 Å². The van der Waals surface area contributed by atoms with E-state index in [1.165, 1.54) is 0 Å². The maximum Gasteiger partial charge on any atom is 0.307 e. The fourth-order valence-corrected chi connectivity index (χ4v) is 4.97. The molecule has 0 spiro atoms. The number of aromatic nitrogens is 1. The number of pyridine rings is 1. The van der Waals surface area contributed by atoms with Crippen LogP contribution in [0.2, 0.25) is 0 Å². The molecule has 0 radical (unpaired) electrons. The summed E-state index contributed by atoms with van der Waals surface area (Å²) in [5.41, 5.74) is 1.06. The Morgan fingerprint density at radius 3 is 2.36 bits per heavy atom. The van der Waals surface area contributed by atoms with Gasteiger partial charge in [0.2, 0.25) is 5.91 Å². The Kier molecular flexibility index (Phi) is 4.32. The van der Waals surface area contributed by atoms with Gasteiger partial charge in [0.25, 0.3) is 0 Å². The number of carbonyl (C=O) groups excluding carboxylic acids is 1. The van der Waals surface area contributed by atoms with Crippen LogP contribution >= 0.6 is 0 Å². The zero-order valence-electron chi connectivity index (χ0n) is 14.3. The maximum absolute atomic E-state index is 13.5. The second-order valence-electron chi connectivity index (χ2n) is 7.60. The summed E-state index contributed by atoms with van der Waals surface area (Å²) < 4.78 is 0. The highest BCUT2D eigenvalue weighted by Gasteiger charge is 2.53. The van der Waals surface area contributed by atoms with E-state index in [1.807, 2.05) is 23.1 Å². The first kappa shape index (κ1) is 16.3. The molecule has 0 aromatic carbocycles. The van der Waals surface area contributed by atoms with Crippen LogP contribution in [0.25, 0.3) is 0 Å². The summed E-state index contributed by atoms with van der Waals surface area (Å²) in [5, 5.41) is 9.68. The average molecular weight is 340 g/mol. The zero-order valence-corrected chi connectivity index (χ0v) is 14.3. The third-order valence-electron chi connectivity index (χ3n) is 6.18. The predicted octanol–water partition coefficient (Wildman–Crippen LogP) is 2.88. The minimum absolute atomic E-state index is 0.0165. The van der Waals surface area contributed by atoms with E-state index in [9.17, 15) is 14.7 Å². The van der Waals surface area contributed by atoms with Crippen molar-refractivity contribution in [1.29, 1.82) is 0 Å².